The molecule has 0 aliphatic carbocycles. The van der Waals surface area contributed by atoms with E-state index in [-0.39, 0.29) is 5.91 Å². The number of pyridine rings is 1. The second kappa shape index (κ2) is 7.43. The molecule has 1 aromatic carbocycles. The van der Waals surface area contributed by atoms with Gasteiger partial charge in [-0.3, -0.25) is 9.20 Å². The van der Waals surface area contributed by atoms with Crippen LogP contribution in [0.5, 0.6) is 0 Å². The minimum absolute atomic E-state index is 0.0843. The van der Waals surface area contributed by atoms with Gasteiger partial charge in [0, 0.05) is 35.4 Å². The summed E-state index contributed by atoms with van der Waals surface area (Å²) < 4.78 is 1.85. The van der Waals surface area contributed by atoms with E-state index in [4.69, 9.17) is 11.6 Å². The lowest BCUT2D eigenvalue weighted by Gasteiger charge is -2.14. The number of fused-ring (bicyclic) bond motifs is 1. The summed E-state index contributed by atoms with van der Waals surface area (Å²) in [6.45, 7) is 3.82. The summed E-state index contributed by atoms with van der Waals surface area (Å²) in [5.41, 5.74) is 2.10. The minimum Gasteiger partial charge on any atom is -0.351 e. The smallest absolute Gasteiger partial charge is 0.251 e. The van der Waals surface area contributed by atoms with Crippen LogP contribution in [0.25, 0.3) is 17.0 Å². The highest BCUT2D eigenvalue weighted by Gasteiger charge is 2.14. The van der Waals surface area contributed by atoms with Gasteiger partial charge in [0.25, 0.3) is 5.91 Å². The average molecular weight is 370 g/mol. The number of carbonyl (C=O) groups is 1. The first-order valence-electron chi connectivity index (χ1n) is 8.82. The van der Waals surface area contributed by atoms with Gasteiger partial charge in [0.15, 0.2) is 11.5 Å². The van der Waals surface area contributed by atoms with Crippen molar-refractivity contribution in [2.24, 2.45) is 0 Å². The molecule has 0 saturated carbocycles. The summed E-state index contributed by atoms with van der Waals surface area (Å²) in [6, 6.07) is 11.0. The van der Waals surface area contributed by atoms with E-state index >= 15 is 0 Å². The Kier molecular flexibility index (Phi) is 4.86. The molecular formula is C19H20ClN5O. The van der Waals surface area contributed by atoms with E-state index in [1.54, 1.807) is 12.1 Å². The van der Waals surface area contributed by atoms with E-state index in [1.807, 2.05) is 34.9 Å². The highest BCUT2D eigenvalue weighted by atomic mass is 35.5. The van der Waals surface area contributed by atoms with Gasteiger partial charge in [-0.2, -0.15) is 0 Å². The standard InChI is InChI=1S/C19H20ClN5O/c20-16-5-3-4-14(12-16)18-23-22-17-13-15(6-10-25(17)18)19(26)21-7-11-24-8-1-2-9-24/h3-6,10,12-13H,1-2,7-9,11H2,(H,21,26). The summed E-state index contributed by atoms with van der Waals surface area (Å²) in [6.07, 6.45) is 4.33. The van der Waals surface area contributed by atoms with Gasteiger partial charge in [-0.05, 0) is 50.2 Å². The number of likely N-dealkylation sites (tertiary alicyclic amines) is 1. The van der Waals surface area contributed by atoms with E-state index in [0.717, 1.165) is 25.2 Å². The van der Waals surface area contributed by atoms with Crippen LogP contribution < -0.4 is 5.32 Å². The summed E-state index contributed by atoms with van der Waals surface area (Å²) in [7, 11) is 0. The van der Waals surface area contributed by atoms with Crippen molar-refractivity contribution in [2.45, 2.75) is 12.8 Å². The van der Waals surface area contributed by atoms with Crippen LogP contribution in [0, 0.1) is 0 Å². The Hall–Kier alpha value is -2.44. The molecule has 1 saturated heterocycles. The van der Waals surface area contributed by atoms with Gasteiger partial charge in [0.05, 0.1) is 0 Å². The average Bonchev–Trinajstić information content (AvgIpc) is 3.30. The Morgan fingerprint density at radius 3 is 2.81 bits per heavy atom. The molecule has 7 heteroatoms. The molecule has 0 unspecified atom stereocenters. The maximum Gasteiger partial charge on any atom is 0.251 e. The van der Waals surface area contributed by atoms with Gasteiger partial charge in [-0.25, -0.2) is 0 Å². The van der Waals surface area contributed by atoms with E-state index in [2.05, 4.69) is 20.4 Å². The number of nitrogens with zero attached hydrogens (tertiary/aromatic N) is 4. The van der Waals surface area contributed by atoms with Crippen LogP contribution in [-0.2, 0) is 0 Å². The maximum absolute atomic E-state index is 12.4. The van der Waals surface area contributed by atoms with E-state index in [0.29, 0.717) is 28.6 Å². The highest BCUT2D eigenvalue weighted by molar-refractivity contribution is 6.30. The van der Waals surface area contributed by atoms with Crippen LogP contribution in [0.2, 0.25) is 5.02 Å². The fraction of sp³-hybridized carbons (Fsp3) is 0.316. The van der Waals surface area contributed by atoms with E-state index < -0.39 is 0 Å². The molecule has 3 aromatic rings. The zero-order valence-electron chi connectivity index (χ0n) is 14.4. The Labute approximate surface area is 156 Å². The van der Waals surface area contributed by atoms with Gasteiger partial charge in [-0.15, -0.1) is 10.2 Å². The van der Waals surface area contributed by atoms with Crippen LogP contribution in [0.15, 0.2) is 42.6 Å². The molecule has 1 N–H and O–H groups in total. The first-order valence-corrected chi connectivity index (χ1v) is 9.20. The monoisotopic (exact) mass is 369 g/mol. The van der Waals surface area contributed by atoms with Crippen molar-refractivity contribution in [1.29, 1.82) is 0 Å². The van der Waals surface area contributed by atoms with Crippen molar-refractivity contribution in [2.75, 3.05) is 26.2 Å². The van der Waals surface area contributed by atoms with Crippen LogP contribution in [0.4, 0.5) is 0 Å². The number of hydrogen-bond acceptors (Lipinski definition) is 4. The predicted molar refractivity (Wildman–Crippen MR) is 101 cm³/mol. The topological polar surface area (TPSA) is 62.5 Å². The fourth-order valence-corrected chi connectivity index (χ4v) is 3.48. The zero-order valence-corrected chi connectivity index (χ0v) is 15.1. The molecule has 2 aromatic heterocycles. The molecule has 0 atom stereocenters. The number of amides is 1. The predicted octanol–water partition coefficient (Wildman–Crippen LogP) is 2.88. The number of carbonyl (C=O) groups excluding carboxylic acids is 1. The van der Waals surface area contributed by atoms with Gasteiger partial charge in [-0.1, -0.05) is 23.7 Å². The number of hydrogen-bond donors (Lipinski definition) is 1. The summed E-state index contributed by atoms with van der Waals surface area (Å²) in [4.78, 5) is 14.8. The third-order valence-electron chi connectivity index (χ3n) is 4.67. The molecule has 26 heavy (non-hydrogen) atoms. The third-order valence-corrected chi connectivity index (χ3v) is 4.90. The maximum atomic E-state index is 12.4. The molecule has 1 fully saturated rings. The van der Waals surface area contributed by atoms with E-state index in [9.17, 15) is 4.79 Å². The SMILES string of the molecule is O=C(NCCN1CCCC1)c1ccn2c(-c3cccc(Cl)c3)nnc2c1. The van der Waals surface area contributed by atoms with Gasteiger partial charge in [0.2, 0.25) is 0 Å². The summed E-state index contributed by atoms with van der Waals surface area (Å²) >= 11 is 6.06. The first kappa shape index (κ1) is 17.0. The Bertz CT molecular complexity index is 933. The molecule has 1 aliphatic rings. The van der Waals surface area contributed by atoms with Gasteiger partial charge < -0.3 is 10.2 Å². The lowest BCUT2D eigenvalue weighted by atomic mass is 10.2. The zero-order chi connectivity index (χ0) is 17.9. The summed E-state index contributed by atoms with van der Waals surface area (Å²) in [5.74, 6) is 0.613. The van der Waals surface area contributed by atoms with Crippen molar-refractivity contribution < 1.29 is 4.79 Å². The number of benzene rings is 1. The molecule has 6 nitrogen and oxygen atoms in total. The molecule has 1 amide bonds. The number of halogens is 1. The van der Waals surface area contributed by atoms with Crippen LogP contribution in [-0.4, -0.2) is 51.6 Å². The Morgan fingerprint density at radius 1 is 1.15 bits per heavy atom. The van der Waals surface area contributed by atoms with Crippen molar-refractivity contribution in [1.82, 2.24) is 24.8 Å². The Balaban J connectivity index is 1.48. The van der Waals surface area contributed by atoms with Gasteiger partial charge in [0.1, 0.15) is 0 Å². The van der Waals surface area contributed by atoms with Crippen molar-refractivity contribution in [3.05, 3.63) is 53.2 Å². The number of nitrogens with one attached hydrogen (secondary N) is 1. The lowest BCUT2D eigenvalue weighted by Crippen LogP contribution is -2.33. The summed E-state index contributed by atoms with van der Waals surface area (Å²) in [5, 5.41) is 12.1. The highest BCUT2D eigenvalue weighted by Crippen LogP contribution is 2.22. The van der Waals surface area contributed by atoms with Crippen LogP contribution in [0.3, 0.4) is 0 Å². The Morgan fingerprint density at radius 2 is 2.00 bits per heavy atom. The first-order chi connectivity index (χ1) is 12.7. The number of rotatable bonds is 5. The third kappa shape index (κ3) is 3.57. The molecule has 4 rings (SSSR count). The van der Waals surface area contributed by atoms with Crippen molar-refractivity contribution in [3.8, 4) is 11.4 Å². The molecule has 134 valence electrons. The number of aromatic nitrogens is 3. The second-order valence-corrected chi connectivity index (χ2v) is 6.92. The molecule has 3 heterocycles. The molecule has 1 aliphatic heterocycles. The second-order valence-electron chi connectivity index (χ2n) is 6.48. The van der Waals surface area contributed by atoms with Crippen molar-refractivity contribution >= 4 is 23.2 Å². The minimum atomic E-state index is -0.0843. The normalized spacial score (nSPS) is 14.8. The van der Waals surface area contributed by atoms with E-state index in [1.165, 1.54) is 12.8 Å². The van der Waals surface area contributed by atoms with Crippen LogP contribution >= 0.6 is 11.6 Å². The quantitative estimate of drug-likeness (QED) is 0.751. The molecular weight excluding hydrogens is 350 g/mol. The lowest BCUT2D eigenvalue weighted by molar-refractivity contribution is 0.0949. The molecule has 0 spiro atoms. The van der Waals surface area contributed by atoms with Crippen molar-refractivity contribution in [3.63, 3.8) is 0 Å². The fourth-order valence-electron chi connectivity index (χ4n) is 3.29. The largest absolute Gasteiger partial charge is 0.351 e. The molecule has 0 radical (unpaired) electrons. The van der Waals surface area contributed by atoms with Gasteiger partial charge >= 0.3 is 0 Å². The van der Waals surface area contributed by atoms with Crippen LogP contribution in [0.1, 0.15) is 23.2 Å². The molecule has 0 bridgehead atoms.